The van der Waals surface area contributed by atoms with E-state index in [1.165, 1.54) is 24.5 Å². The number of aromatic nitrogens is 5. The van der Waals surface area contributed by atoms with Gasteiger partial charge < -0.3 is 24.7 Å². The van der Waals surface area contributed by atoms with E-state index >= 15 is 0 Å². The van der Waals surface area contributed by atoms with Gasteiger partial charge in [-0.1, -0.05) is 11.6 Å². The van der Waals surface area contributed by atoms with Gasteiger partial charge in [-0.3, -0.25) is 9.20 Å². The summed E-state index contributed by atoms with van der Waals surface area (Å²) in [5, 5.41) is 14.7. The number of benzene rings is 2. The summed E-state index contributed by atoms with van der Waals surface area (Å²) in [6.07, 6.45) is 9.65. The standard InChI is InChI=1S/C28H23ClF2N8O3/c29-21-15-18(1-2-19(21)28(40)35-8-13-41-14-11-38-9-6-33-17-38)37-26-27-36-16-22(39(27)10-7-34-26)20-3-4-23(42-12-5-32)25(31)24(20)30/h1-4,6-7,9-10,15-17H,8,11-14H2,(H,34,37)(H,35,40). The van der Waals surface area contributed by atoms with Crippen molar-refractivity contribution in [3.63, 3.8) is 0 Å². The lowest BCUT2D eigenvalue weighted by molar-refractivity contribution is 0.0908. The molecule has 14 heteroatoms. The summed E-state index contributed by atoms with van der Waals surface area (Å²) in [6, 6.07) is 9.11. The first-order chi connectivity index (χ1) is 20.5. The second kappa shape index (κ2) is 13.1. The van der Waals surface area contributed by atoms with Gasteiger partial charge in [0.25, 0.3) is 5.91 Å². The van der Waals surface area contributed by atoms with Crippen molar-refractivity contribution in [2.75, 3.05) is 31.7 Å². The third-order valence-electron chi connectivity index (χ3n) is 6.10. The predicted molar refractivity (Wildman–Crippen MR) is 150 cm³/mol. The SMILES string of the molecule is N#CCOc1ccc(-c2cnc3c(Nc4ccc(C(=O)NCCOCCn5ccnc5)c(Cl)c4)nccn23)c(F)c1F. The molecule has 42 heavy (non-hydrogen) atoms. The molecular formula is C28H23ClF2N8O3. The molecule has 11 nitrogen and oxygen atoms in total. The number of rotatable bonds is 12. The molecule has 0 spiro atoms. The molecule has 0 saturated carbocycles. The molecule has 5 rings (SSSR count). The average Bonchev–Trinajstić information content (AvgIpc) is 3.67. The number of amides is 1. The fourth-order valence-corrected chi connectivity index (χ4v) is 4.36. The van der Waals surface area contributed by atoms with Crippen LogP contribution in [0.2, 0.25) is 5.02 Å². The van der Waals surface area contributed by atoms with Crippen LogP contribution in [0.5, 0.6) is 5.75 Å². The highest BCUT2D eigenvalue weighted by Gasteiger charge is 2.20. The van der Waals surface area contributed by atoms with Gasteiger partial charge in [-0.15, -0.1) is 0 Å². The topological polar surface area (TPSA) is 131 Å². The Labute approximate surface area is 243 Å². The van der Waals surface area contributed by atoms with E-state index in [2.05, 4.69) is 25.6 Å². The lowest BCUT2D eigenvalue weighted by Gasteiger charge is -2.11. The number of hydrogen-bond acceptors (Lipinski definition) is 8. The number of imidazole rings is 2. The summed E-state index contributed by atoms with van der Waals surface area (Å²) in [5.74, 6) is -2.73. The highest BCUT2D eigenvalue weighted by molar-refractivity contribution is 6.34. The molecule has 2 N–H and O–H groups in total. The third-order valence-corrected chi connectivity index (χ3v) is 6.42. The van der Waals surface area contributed by atoms with E-state index in [0.717, 1.165) is 0 Å². The highest BCUT2D eigenvalue weighted by atomic mass is 35.5. The number of nitrogens with one attached hydrogen (secondary N) is 2. The van der Waals surface area contributed by atoms with Gasteiger partial charge in [-0.05, 0) is 30.3 Å². The number of fused-ring (bicyclic) bond motifs is 1. The van der Waals surface area contributed by atoms with Gasteiger partial charge in [0.2, 0.25) is 5.82 Å². The molecule has 0 aliphatic rings. The Morgan fingerprint density at radius 3 is 2.76 bits per heavy atom. The zero-order chi connectivity index (χ0) is 29.5. The Morgan fingerprint density at radius 2 is 1.98 bits per heavy atom. The first-order valence-electron chi connectivity index (χ1n) is 12.6. The second-order valence-electron chi connectivity index (χ2n) is 8.79. The Morgan fingerprint density at radius 1 is 1.10 bits per heavy atom. The quantitative estimate of drug-likeness (QED) is 0.201. The van der Waals surface area contributed by atoms with Gasteiger partial charge in [0.15, 0.2) is 29.6 Å². The molecular weight excluding hydrogens is 570 g/mol. The molecule has 1 amide bonds. The number of halogens is 3. The van der Waals surface area contributed by atoms with Crippen LogP contribution in [-0.2, 0) is 11.3 Å². The normalized spacial score (nSPS) is 10.9. The number of anilines is 2. The second-order valence-corrected chi connectivity index (χ2v) is 9.19. The molecule has 0 aliphatic carbocycles. The van der Waals surface area contributed by atoms with Crippen molar-refractivity contribution >= 4 is 34.7 Å². The van der Waals surface area contributed by atoms with Crippen LogP contribution >= 0.6 is 11.6 Å². The van der Waals surface area contributed by atoms with Gasteiger partial charge in [0.05, 0.1) is 42.0 Å². The van der Waals surface area contributed by atoms with Crippen molar-refractivity contribution in [3.05, 3.63) is 89.9 Å². The summed E-state index contributed by atoms with van der Waals surface area (Å²) in [4.78, 5) is 25.2. The van der Waals surface area contributed by atoms with Crippen LogP contribution in [0.15, 0.2) is 67.6 Å². The van der Waals surface area contributed by atoms with E-state index in [-0.39, 0.29) is 33.5 Å². The molecule has 0 bridgehead atoms. The van der Waals surface area contributed by atoms with Gasteiger partial charge in [0.1, 0.15) is 6.07 Å². The van der Waals surface area contributed by atoms with Crippen molar-refractivity contribution in [1.29, 1.82) is 5.26 Å². The molecule has 5 aromatic rings. The Kier molecular flexibility index (Phi) is 8.86. The van der Waals surface area contributed by atoms with Crippen molar-refractivity contribution in [1.82, 2.24) is 29.2 Å². The lowest BCUT2D eigenvalue weighted by Crippen LogP contribution is -2.27. The van der Waals surface area contributed by atoms with E-state index in [1.54, 1.807) is 47.4 Å². The predicted octanol–water partition coefficient (Wildman–Crippen LogP) is 4.62. The number of ether oxygens (including phenoxy) is 2. The molecule has 0 fully saturated rings. The van der Waals surface area contributed by atoms with E-state index in [9.17, 15) is 13.6 Å². The smallest absolute Gasteiger partial charge is 0.252 e. The molecule has 3 heterocycles. The van der Waals surface area contributed by atoms with Crippen LogP contribution in [0.1, 0.15) is 10.4 Å². The van der Waals surface area contributed by atoms with Crippen LogP contribution in [0.4, 0.5) is 20.3 Å². The first kappa shape index (κ1) is 28.5. The number of nitriles is 1. The van der Waals surface area contributed by atoms with Crippen LogP contribution in [0.3, 0.4) is 0 Å². The molecule has 3 aromatic heterocycles. The van der Waals surface area contributed by atoms with Gasteiger partial charge in [0, 0.05) is 49.1 Å². The van der Waals surface area contributed by atoms with E-state index < -0.39 is 18.2 Å². The Bertz CT molecular complexity index is 1750. The number of nitrogens with zero attached hydrogens (tertiary/aromatic N) is 6. The first-order valence-corrected chi connectivity index (χ1v) is 13.0. The van der Waals surface area contributed by atoms with Crippen LogP contribution in [-0.4, -0.2) is 56.2 Å². The van der Waals surface area contributed by atoms with Crippen molar-refractivity contribution in [2.24, 2.45) is 0 Å². The molecule has 0 unspecified atom stereocenters. The minimum Gasteiger partial charge on any atom is -0.476 e. The molecule has 2 aromatic carbocycles. The maximum absolute atomic E-state index is 14.9. The van der Waals surface area contributed by atoms with Crippen LogP contribution in [0.25, 0.3) is 16.9 Å². The van der Waals surface area contributed by atoms with Gasteiger partial charge in [-0.2, -0.15) is 9.65 Å². The number of carbonyl (C=O) groups is 1. The Hall–Kier alpha value is -5.06. The lowest BCUT2D eigenvalue weighted by atomic mass is 10.1. The summed E-state index contributed by atoms with van der Waals surface area (Å²) in [6.45, 7) is 1.40. The Balaban J connectivity index is 1.24. The van der Waals surface area contributed by atoms with Crippen LogP contribution in [0, 0.1) is 23.0 Å². The molecule has 0 atom stereocenters. The number of hydrogen-bond donors (Lipinski definition) is 2. The van der Waals surface area contributed by atoms with E-state index in [4.69, 9.17) is 26.3 Å². The fourth-order valence-electron chi connectivity index (χ4n) is 4.09. The van der Waals surface area contributed by atoms with Crippen molar-refractivity contribution in [2.45, 2.75) is 6.54 Å². The molecule has 214 valence electrons. The zero-order valence-corrected chi connectivity index (χ0v) is 22.7. The minimum atomic E-state index is -1.21. The van der Waals surface area contributed by atoms with Gasteiger partial charge in [-0.25, -0.2) is 19.3 Å². The van der Waals surface area contributed by atoms with E-state index in [1.807, 2.05) is 10.8 Å². The van der Waals surface area contributed by atoms with Crippen molar-refractivity contribution in [3.8, 4) is 23.1 Å². The number of carbonyl (C=O) groups excluding carboxylic acids is 1. The minimum absolute atomic E-state index is 0.0523. The van der Waals surface area contributed by atoms with Gasteiger partial charge >= 0.3 is 0 Å². The summed E-state index contributed by atoms with van der Waals surface area (Å²) < 4.78 is 43.3. The third kappa shape index (κ3) is 6.30. The molecule has 0 aliphatic heterocycles. The fraction of sp³-hybridized carbons (Fsp3) is 0.179. The average molecular weight is 593 g/mol. The van der Waals surface area contributed by atoms with E-state index in [0.29, 0.717) is 43.5 Å². The summed E-state index contributed by atoms with van der Waals surface area (Å²) in [5.41, 5.74) is 1.37. The van der Waals surface area contributed by atoms with Crippen LogP contribution < -0.4 is 15.4 Å². The monoisotopic (exact) mass is 592 g/mol. The zero-order valence-electron chi connectivity index (χ0n) is 21.9. The molecule has 0 saturated heterocycles. The largest absolute Gasteiger partial charge is 0.476 e. The highest BCUT2D eigenvalue weighted by Crippen LogP contribution is 2.32. The maximum Gasteiger partial charge on any atom is 0.252 e. The summed E-state index contributed by atoms with van der Waals surface area (Å²) in [7, 11) is 0. The summed E-state index contributed by atoms with van der Waals surface area (Å²) >= 11 is 6.40. The molecule has 0 radical (unpaired) electrons. The maximum atomic E-state index is 14.9. The van der Waals surface area contributed by atoms with Crippen molar-refractivity contribution < 1.29 is 23.0 Å².